The summed E-state index contributed by atoms with van der Waals surface area (Å²) in [7, 11) is 0. The number of allylic oxidation sites excluding steroid dienone is 1. The minimum Gasteiger partial charge on any atom is -0.516 e. The third-order valence-electron chi connectivity index (χ3n) is 2.31. The summed E-state index contributed by atoms with van der Waals surface area (Å²) in [6, 6.07) is 14.3. The molecule has 16 heavy (non-hydrogen) atoms. The highest BCUT2D eigenvalue weighted by molar-refractivity contribution is 5.80. The van der Waals surface area contributed by atoms with Gasteiger partial charge in [0.05, 0.1) is 6.26 Å². The van der Waals surface area contributed by atoms with E-state index in [-0.39, 0.29) is 0 Å². The molecule has 1 N–H and O–H groups in total. The van der Waals surface area contributed by atoms with Crippen molar-refractivity contribution < 1.29 is 9.67 Å². The van der Waals surface area contributed by atoms with Crippen LogP contribution in [0, 0.1) is 0 Å². The highest BCUT2D eigenvalue weighted by Gasteiger charge is 2.06. The van der Waals surface area contributed by atoms with Crippen molar-refractivity contribution in [3.63, 3.8) is 0 Å². The van der Waals surface area contributed by atoms with Crippen LogP contribution in [0.4, 0.5) is 0 Å². The van der Waals surface area contributed by atoms with Crippen LogP contribution in [0.15, 0.2) is 67.2 Å². The Morgan fingerprint density at radius 1 is 1.00 bits per heavy atom. The fourth-order valence-electron chi connectivity index (χ4n) is 1.40. The van der Waals surface area contributed by atoms with E-state index in [0.29, 0.717) is 0 Å². The average molecular weight is 212 g/mol. The first-order valence-electron chi connectivity index (χ1n) is 5.24. The van der Waals surface area contributed by atoms with Crippen LogP contribution in [0.3, 0.4) is 0 Å². The Bertz CT molecular complexity index is 460. The maximum atomic E-state index is 8.33. The van der Waals surface area contributed by atoms with E-state index in [1.165, 1.54) is 11.1 Å². The van der Waals surface area contributed by atoms with Crippen LogP contribution in [0.1, 0.15) is 0 Å². The lowest BCUT2D eigenvalue weighted by Crippen LogP contribution is -2.30. The maximum Gasteiger partial charge on any atom is 0.170 e. The van der Waals surface area contributed by atoms with Gasteiger partial charge in [0.25, 0.3) is 0 Å². The molecule has 0 radical (unpaired) electrons. The van der Waals surface area contributed by atoms with Crippen LogP contribution in [0.5, 0.6) is 0 Å². The van der Waals surface area contributed by atoms with E-state index in [0.717, 1.165) is 12.8 Å². The first kappa shape index (κ1) is 10.4. The van der Waals surface area contributed by atoms with Gasteiger partial charge in [-0.05, 0) is 17.2 Å². The van der Waals surface area contributed by atoms with Crippen molar-refractivity contribution >= 4 is 0 Å². The van der Waals surface area contributed by atoms with Crippen molar-refractivity contribution in [1.82, 2.24) is 0 Å². The van der Waals surface area contributed by atoms with Crippen LogP contribution in [-0.2, 0) is 6.54 Å². The molecule has 0 spiro atoms. The lowest BCUT2D eigenvalue weighted by Gasteiger charge is -1.86. The number of hydrogen-bond acceptors (Lipinski definition) is 1. The molecule has 2 heteroatoms. The Balaban J connectivity index is 0.000000134. The first-order valence-corrected chi connectivity index (χ1v) is 5.24. The molecule has 2 aliphatic carbocycles. The Hall–Kier alpha value is -2.09. The number of hydrogen-bond donors (Lipinski definition) is 1. The summed E-state index contributed by atoms with van der Waals surface area (Å²) in [5.41, 5.74) is 2.85. The molecule has 0 saturated carbocycles. The topological polar surface area (TPSA) is 24.1 Å². The molecule has 80 valence electrons. The fraction of sp³-hybridized carbons (Fsp3) is 0.0714. The van der Waals surface area contributed by atoms with Gasteiger partial charge in [0.1, 0.15) is 0 Å². The number of aromatic nitrogens is 1. The number of fused-ring (bicyclic) bond motifs is 1. The van der Waals surface area contributed by atoms with Crippen molar-refractivity contribution in [2.24, 2.45) is 0 Å². The SMILES string of the molecule is OC=CC[n+]1ccccc1.c1cc2cc-2c1. The van der Waals surface area contributed by atoms with Crippen LogP contribution >= 0.6 is 0 Å². The second-order valence-corrected chi connectivity index (χ2v) is 3.54. The van der Waals surface area contributed by atoms with Gasteiger partial charge in [-0.2, -0.15) is 0 Å². The summed E-state index contributed by atoms with van der Waals surface area (Å²) in [6.07, 6.45) is 6.62. The fourth-order valence-corrected chi connectivity index (χ4v) is 1.40. The van der Waals surface area contributed by atoms with Crippen molar-refractivity contribution in [3.05, 3.63) is 67.2 Å². The van der Waals surface area contributed by atoms with Gasteiger partial charge in [-0.1, -0.05) is 24.3 Å². The maximum absolute atomic E-state index is 8.33. The van der Waals surface area contributed by atoms with Crippen LogP contribution < -0.4 is 4.57 Å². The van der Waals surface area contributed by atoms with Gasteiger partial charge in [0.2, 0.25) is 0 Å². The normalized spacial score (nSPS) is 10.8. The summed E-state index contributed by atoms with van der Waals surface area (Å²) < 4.78 is 1.96. The van der Waals surface area contributed by atoms with Crippen molar-refractivity contribution in [2.45, 2.75) is 6.54 Å². The summed E-state index contributed by atoms with van der Waals surface area (Å²) >= 11 is 0. The highest BCUT2D eigenvalue weighted by Crippen LogP contribution is 2.32. The molecule has 0 saturated heterocycles. The molecule has 1 heterocycles. The quantitative estimate of drug-likeness (QED) is 0.512. The zero-order valence-electron chi connectivity index (χ0n) is 8.95. The number of benzene rings is 1. The number of nitrogens with zero attached hydrogens (tertiary/aromatic N) is 1. The van der Waals surface area contributed by atoms with E-state index in [2.05, 4.69) is 24.3 Å². The molecule has 0 amide bonds. The Labute approximate surface area is 95.1 Å². The summed E-state index contributed by atoms with van der Waals surface area (Å²) in [4.78, 5) is 0. The molecule has 2 aliphatic rings. The minimum absolute atomic E-state index is 0.720. The molecule has 0 atom stereocenters. The van der Waals surface area contributed by atoms with E-state index < -0.39 is 0 Å². The van der Waals surface area contributed by atoms with Crippen LogP contribution in [0.2, 0.25) is 0 Å². The molecule has 1 aromatic heterocycles. The second-order valence-electron chi connectivity index (χ2n) is 3.54. The predicted octanol–water partition coefficient (Wildman–Crippen LogP) is 2.71. The minimum atomic E-state index is 0.720. The summed E-state index contributed by atoms with van der Waals surface area (Å²) in [5.74, 6) is 0. The second kappa shape index (κ2) is 5.12. The molecule has 2 nitrogen and oxygen atoms in total. The van der Waals surface area contributed by atoms with Crippen molar-refractivity contribution in [2.75, 3.05) is 0 Å². The molecule has 3 rings (SSSR count). The Morgan fingerprint density at radius 2 is 1.69 bits per heavy atom. The van der Waals surface area contributed by atoms with Crippen molar-refractivity contribution in [1.29, 1.82) is 0 Å². The summed E-state index contributed by atoms with van der Waals surface area (Å²) in [6.45, 7) is 0.720. The van der Waals surface area contributed by atoms with E-state index in [4.69, 9.17) is 5.11 Å². The average Bonchev–Trinajstić information content (AvgIpc) is 2.96. The lowest BCUT2D eigenvalue weighted by molar-refractivity contribution is -0.687. The van der Waals surface area contributed by atoms with Gasteiger partial charge < -0.3 is 5.11 Å². The number of pyridine rings is 1. The van der Waals surface area contributed by atoms with Crippen LogP contribution in [-0.4, -0.2) is 5.11 Å². The molecule has 0 aromatic carbocycles. The molecule has 0 fully saturated rings. The number of aliphatic hydroxyl groups excluding tert-OH is 1. The van der Waals surface area contributed by atoms with E-state index in [9.17, 15) is 0 Å². The lowest BCUT2D eigenvalue weighted by atomic mass is 10.5. The van der Waals surface area contributed by atoms with E-state index >= 15 is 0 Å². The van der Waals surface area contributed by atoms with Gasteiger partial charge in [-0.25, -0.2) is 4.57 Å². The van der Waals surface area contributed by atoms with Gasteiger partial charge in [0.15, 0.2) is 18.9 Å². The highest BCUT2D eigenvalue weighted by atomic mass is 16.2. The first-order chi connectivity index (χ1) is 7.90. The molecular weight excluding hydrogens is 198 g/mol. The number of aliphatic hydroxyl groups is 1. The zero-order valence-corrected chi connectivity index (χ0v) is 8.95. The standard InChI is InChI=1S/C8H9NO.C6H4/c10-8-4-7-9-5-2-1-3-6-9;1-2-5-4-6(5)3-1/h1-6,8H,7H2;1-4H/p+1. The van der Waals surface area contributed by atoms with Gasteiger partial charge >= 0.3 is 0 Å². The Morgan fingerprint density at radius 3 is 2.12 bits per heavy atom. The molecule has 0 aliphatic heterocycles. The molecular formula is C14H14NO+. The van der Waals surface area contributed by atoms with Crippen LogP contribution in [0.25, 0.3) is 11.1 Å². The zero-order chi connectivity index (χ0) is 11.2. The third kappa shape index (κ3) is 2.95. The van der Waals surface area contributed by atoms with E-state index in [1.54, 1.807) is 6.08 Å². The summed E-state index contributed by atoms with van der Waals surface area (Å²) in [5, 5.41) is 8.33. The van der Waals surface area contributed by atoms with E-state index in [1.807, 2.05) is 35.2 Å². The van der Waals surface area contributed by atoms with Gasteiger partial charge in [0, 0.05) is 18.2 Å². The molecule has 1 aromatic rings. The van der Waals surface area contributed by atoms with Gasteiger partial charge in [-0.3, -0.25) is 0 Å². The third-order valence-corrected chi connectivity index (χ3v) is 2.31. The molecule has 0 bridgehead atoms. The Kier molecular flexibility index (Phi) is 3.34. The molecule has 0 unspecified atom stereocenters. The smallest absolute Gasteiger partial charge is 0.170 e. The van der Waals surface area contributed by atoms with Gasteiger partial charge in [-0.15, -0.1) is 0 Å². The monoisotopic (exact) mass is 212 g/mol. The predicted molar refractivity (Wildman–Crippen MR) is 63.8 cm³/mol. The largest absolute Gasteiger partial charge is 0.516 e. The number of rotatable bonds is 2. The van der Waals surface area contributed by atoms with Crippen molar-refractivity contribution in [3.8, 4) is 11.1 Å².